The van der Waals surface area contributed by atoms with E-state index in [4.69, 9.17) is 98.4 Å². The van der Waals surface area contributed by atoms with Gasteiger partial charge < -0.3 is 10.2 Å². The van der Waals surface area contributed by atoms with Crippen molar-refractivity contribution in [2.75, 3.05) is 0 Å². The molecular weight excluding hydrogens is 850 g/mol. The van der Waals surface area contributed by atoms with Crippen LogP contribution in [0.4, 0.5) is 39.5 Å². The molecule has 23 heteroatoms. The summed E-state index contributed by atoms with van der Waals surface area (Å²) >= 11 is 23.1. The molecule has 0 aromatic heterocycles. The van der Waals surface area contributed by atoms with Crippen LogP contribution in [0.3, 0.4) is 0 Å². The van der Waals surface area contributed by atoms with Crippen LogP contribution >= 0.6 is 88.2 Å². The Labute approximate surface area is 300 Å². The molecule has 0 saturated heterocycles. The molecule has 47 heavy (non-hydrogen) atoms. The molecule has 0 heterocycles. The zero-order valence-electron chi connectivity index (χ0n) is 21.9. The van der Waals surface area contributed by atoms with Crippen LogP contribution in [-0.2, 0) is 9.59 Å². The summed E-state index contributed by atoms with van der Waals surface area (Å²) in [6.07, 6.45) is -2.20. The molecule has 5 nitrogen and oxygen atoms in total. The predicted octanol–water partition coefficient (Wildman–Crippen LogP) is 9.66. The molecule has 0 fully saturated rings. The van der Waals surface area contributed by atoms with Gasteiger partial charge in [0.2, 0.25) is 0 Å². The lowest BCUT2D eigenvalue weighted by molar-refractivity contribution is -0.147. The molecule has 0 saturated carbocycles. The molecule has 260 valence electrons. The Morgan fingerprint density at radius 2 is 0.979 bits per heavy atom. The number of aliphatic hydroxyl groups excluding tert-OH is 1. The maximum Gasteiger partial charge on any atom is 0.643 e. The fourth-order valence-electron chi connectivity index (χ4n) is 2.18. The number of Topliss-reactive ketones (excluding diaryl/α,β-unsaturated/α-hetero) is 1. The second-order valence-corrected chi connectivity index (χ2v) is 16.3. The number of carboxylic acids is 1. The largest absolute Gasteiger partial charge is 0.643 e. The third-order valence-electron chi connectivity index (χ3n) is 4.09. The normalized spacial score (nSPS) is 10.6. The third-order valence-corrected chi connectivity index (χ3v) is 5.33. The first-order chi connectivity index (χ1) is 21.4. The van der Waals surface area contributed by atoms with E-state index in [0.29, 0.717) is 18.2 Å². The molecule has 3 aromatic carbocycles. The van der Waals surface area contributed by atoms with Crippen molar-refractivity contribution in [3.63, 3.8) is 0 Å². The van der Waals surface area contributed by atoms with Crippen molar-refractivity contribution in [3.8, 4) is 0 Å². The average molecular weight is 862 g/mol. The summed E-state index contributed by atoms with van der Waals surface area (Å²) in [6, 6.07) is 3.27. The zero-order chi connectivity index (χ0) is 37.3. The Balaban J connectivity index is 0. The van der Waals surface area contributed by atoms with Gasteiger partial charge in [-0.25, -0.2) is 74.5 Å². The lowest BCUT2D eigenvalue weighted by Gasteiger charge is -2.07. The van der Waals surface area contributed by atoms with Gasteiger partial charge in [0, 0.05) is 23.8 Å². The van der Waals surface area contributed by atoms with E-state index in [1.54, 1.807) is 0 Å². The predicted molar refractivity (Wildman–Crippen MR) is 161 cm³/mol. The number of carbonyl (C=O) groups is 3. The summed E-state index contributed by atoms with van der Waals surface area (Å²) in [7, 11) is 14.8. The van der Waals surface area contributed by atoms with E-state index in [0.717, 1.165) is 12.1 Å². The van der Waals surface area contributed by atoms with Crippen LogP contribution in [0.15, 0.2) is 42.5 Å². The lowest BCUT2D eigenvalue weighted by atomic mass is 10.1. The van der Waals surface area contributed by atoms with Gasteiger partial charge in [-0.15, -0.1) is 0 Å². The molecule has 1 unspecified atom stereocenters. The highest BCUT2D eigenvalue weighted by Crippen LogP contribution is 2.21. The molecule has 3 aromatic rings. The van der Waals surface area contributed by atoms with Crippen LogP contribution in [0.2, 0.25) is 0 Å². The van der Waals surface area contributed by atoms with Crippen LogP contribution in [0.5, 0.6) is 0 Å². The van der Waals surface area contributed by atoms with Gasteiger partial charge in [-0.05, 0) is 35.9 Å². The summed E-state index contributed by atoms with van der Waals surface area (Å²) in [5.41, 5.74) is -1.48. The standard InChI is InChI=1S/C8H3Cl2F3O.C8H5F3O3.C6H3F3.C2HCl3O.Al.3ClH/c9-8(10)7(14)3-1-5(12)6(13)2-4(3)11;9-4-2-6(11)5(10)1-3(4)7(12)8(13)14;7-4-1-2-5(8)6(9)3-4;3-1(4)2(5)6;;;;/h1-2,8H;1-2,7,12H,(H,13,14);1-3H;1H;;3*1H/q;;;;+3;;;/p-3. The van der Waals surface area contributed by atoms with Crippen LogP contribution < -0.4 is 0 Å². The van der Waals surface area contributed by atoms with Crippen molar-refractivity contribution in [2.24, 2.45) is 0 Å². The second-order valence-electron chi connectivity index (χ2n) is 7.35. The molecule has 0 aliphatic heterocycles. The van der Waals surface area contributed by atoms with E-state index in [9.17, 15) is 53.9 Å². The maximum absolute atomic E-state index is 12.9. The number of aliphatic hydroxyl groups is 1. The first-order valence-corrected chi connectivity index (χ1v) is 18.3. The minimum Gasteiger partial charge on any atom is -0.479 e. The van der Waals surface area contributed by atoms with Crippen molar-refractivity contribution in [1.29, 1.82) is 0 Å². The zero-order valence-corrected chi connectivity index (χ0v) is 29.1. The molecule has 0 bridgehead atoms. The van der Waals surface area contributed by atoms with Crippen LogP contribution in [0, 0.1) is 52.4 Å². The monoisotopic (exact) mass is 858 g/mol. The topological polar surface area (TPSA) is 91.7 Å². The fraction of sp³-hybridized carbons (Fsp3) is 0.125. The molecule has 0 spiro atoms. The molecule has 3 rings (SSSR count). The minimum absolute atomic E-state index is 0.177. The van der Waals surface area contributed by atoms with E-state index in [1.165, 1.54) is 0 Å². The number of carbonyl (C=O) groups excluding carboxylic acids is 2. The van der Waals surface area contributed by atoms with Gasteiger partial charge in [-0.1, -0.05) is 46.4 Å². The number of ketones is 1. The van der Waals surface area contributed by atoms with Crippen molar-refractivity contribution >= 4 is 117 Å². The number of aliphatic carboxylic acids is 1. The van der Waals surface area contributed by atoms with E-state index in [2.05, 4.69) is 0 Å². The van der Waals surface area contributed by atoms with E-state index >= 15 is 0 Å². The summed E-state index contributed by atoms with van der Waals surface area (Å²) < 4.78 is 112. The third kappa shape index (κ3) is 20.0. The van der Waals surface area contributed by atoms with Crippen LogP contribution in [0.25, 0.3) is 0 Å². The number of alkyl halides is 4. The van der Waals surface area contributed by atoms with Crippen LogP contribution in [0.1, 0.15) is 22.0 Å². The highest BCUT2D eigenvalue weighted by Gasteiger charge is 2.22. The number of rotatable bonds is 5. The Morgan fingerprint density at radius 1 is 0.596 bits per heavy atom. The number of carboxylic acid groups (broad SMARTS) is 1. The van der Waals surface area contributed by atoms with E-state index in [-0.39, 0.29) is 12.1 Å². The number of halogens is 17. The summed E-state index contributed by atoms with van der Waals surface area (Å²) in [5, 5.41) is 16.4. The first kappa shape index (κ1) is 47.8. The Hall–Kier alpha value is -1.35. The summed E-state index contributed by atoms with van der Waals surface area (Å²) in [5.74, 6) is -13.8. The molecule has 1 atom stereocenters. The average Bonchev–Trinajstić information content (AvgIpc) is 2.94. The van der Waals surface area contributed by atoms with Gasteiger partial charge >= 0.3 is 17.4 Å². The number of benzene rings is 3. The number of hydrogen-bond donors (Lipinski definition) is 2. The molecule has 0 aliphatic carbocycles. The summed E-state index contributed by atoms with van der Waals surface area (Å²) in [6.45, 7) is 0. The quantitative estimate of drug-likeness (QED) is 0.0667. The molecule has 2 N–H and O–H groups in total. The van der Waals surface area contributed by atoms with Gasteiger partial charge in [0.05, 0.1) is 5.56 Å². The lowest BCUT2D eigenvalue weighted by Crippen LogP contribution is -2.13. The molecule has 0 amide bonds. The van der Waals surface area contributed by atoms with Gasteiger partial charge in [-0.2, -0.15) is 0 Å². The van der Waals surface area contributed by atoms with Crippen molar-refractivity contribution < 1.29 is 64.1 Å². The number of hydrogen-bond acceptors (Lipinski definition) is 4. The van der Waals surface area contributed by atoms with Gasteiger partial charge in [0.25, 0.3) is 5.24 Å². The molecular formula is C24H12AlCl8F9O5. The van der Waals surface area contributed by atoms with Gasteiger partial charge in [0.1, 0.15) is 17.5 Å². The Bertz CT molecular complexity index is 1510. The first-order valence-electron chi connectivity index (χ1n) is 11.0. The summed E-state index contributed by atoms with van der Waals surface area (Å²) in [4.78, 5) is 28.3. The molecule has 0 aliphatic rings. The van der Waals surface area contributed by atoms with Gasteiger partial charge in [-0.3, -0.25) is 9.59 Å². The Morgan fingerprint density at radius 3 is 1.34 bits per heavy atom. The second kappa shape index (κ2) is 23.9. The van der Waals surface area contributed by atoms with Crippen molar-refractivity contribution in [2.45, 2.75) is 15.8 Å². The maximum atomic E-state index is 12.9. The van der Waals surface area contributed by atoms with E-state index < -0.39 is 108 Å². The fourth-order valence-corrected chi connectivity index (χ4v) is 2.42. The van der Waals surface area contributed by atoms with Crippen molar-refractivity contribution in [3.05, 3.63) is 106 Å². The minimum atomic E-state index is -2.20. The van der Waals surface area contributed by atoms with E-state index in [1.807, 2.05) is 0 Å². The Kier molecular flexibility index (Phi) is 24.3. The highest BCUT2D eigenvalue weighted by atomic mass is 35.8. The van der Waals surface area contributed by atoms with Crippen LogP contribution in [-0.4, -0.2) is 48.3 Å². The highest BCUT2D eigenvalue weighted by molar-refractivity contribution is 7.54. The van der Waals surface area contributed by atoms with Gasteiger partial charge in [0.15, 0.2) is 56.5 Å². The SMILES string of the molecule is Fc1ccc(F)c(F)c1.O=C(Cl)C(Cl)Cl.O=C(O)C(O)c1cc(F)c(F)cc1F.O=C(c1cc(F)c(F)cc1F)C(Cl)Cl.[Cl][Al]([Cl])[Cl]. The van der Waals surface area contributed by atoms with Crippen molar-refractivity contribution in [1.82, 2.24) is 0 Å². The molecule has 0 radical (unpaired) electrons. The smallest absolute Gasteiger partial charge is 0.479 e.